The number of halogens is 3. The van der Waals surface area contributed by atoms with Crippen molar-refractivity contribution in [2.45, 2.75) is 13.1 Å². The number of hydrogen-bond acceptors (Lipinski definition) is 2. The molecule has 0 amide bonds. The highest BCUT2D eigenvalue weighted by molar-refractivity contribution is 5.87. The summed E-state index contributed by atoms with van der Waals surface area (Å²) in [7, 11) is 1.43. The first-order valence-electron chi connectivity index (χ1n) is 7.03. The molecule has 0 aliphatic rings. The maximum absolute atomic E-state index is 13.3. The van der Waals surface area contributed by atoms with Gasteiger partial charge in [0.05, 0.1) is 18.2 Å². The molecular weight excluding hydrogens is 303 g/mol. The van der Waals surface area contributed by atoms with Crippen molar-refractivity contribution in [3.8, 4) is 17.0 Å². The van der Waals surface area contributed by atoms with Crippen molar-refractivity contribution in [1.29, 1.82) is 0 Å². The lowest BCUT2D eigenvalue weighted by molar-refractivity contribution is -0.137. The molecule has 0 bridgehead atoms. The molecule has 0 spiro atoms. The van der Waals surface area contributed by atoms with E-state index in [1.165, 1.54) is 19.2 Å². The van der Waals surface area contributed by atoms with Gasteiger partial charge in [-0.1, -0.05) is 36.4 Å². The van der Waals surface area contributed by atoms with Gasteiger partial charge in [0.15, 0.2) is 0 Å². The Morgan fingerprint density at radius 3 is 2.43 bits per heavy atom. The number of alkyl halides is 3. The maximum Gasteiger partial charge on any atom is 0.417 e. The molecule has 1 aromatic heterocycles. The van der Waals surface area contributed by atoms with E-state index in [1.807, 2.05) is 25.1 Å². The first-order chi connectivity index (χ1) is 10.9. The third kappa shape index (κ3) is 2.74. The van der Waals surface area contributed by atoms with E-state index < -0.39 is 11.7 Å². The van der Waals surface area contributed by atoms with Crippen molar-refractivity contribution < 1.29 is 17.9 Å². The average molecular weight is 317 g/mol. The topological polar surface area (TPSA) is 22.1 Å². The zero-order valence-corrected chi connectivity index (χ0v) is 12.6. The van der Waals surface area contributed by atoms with Crippen LogP contribution in [0.1, 0.15) is 11.1 Å². The molecule has 23 heavy (non-hydrogen) atoms. The van der Waals surface area contributed by atoms with E-state index in [-0.39, 0.29) is 11.3 Å². The second-order valence-electron chi connectivity index (χ2n) is 5.23. The van der Waals surface area contributed by atoms with Crippen molar-refractivity contribution in [2.24, 2.45) is 0 Å². The number of ether oxygens (including phenoxy) is 1. The molecule has 0 aliphatic carbocycles. The van der Waals surface area contributed by atoms with Crippen LogP contribution in [0.25, 0.3) is 22.2 Å². The molecule has 2 nitrogen and oxygen atoms in total. The Morgan fingerprint density at radius 1 is 1.00 bits per heavy atom. The van der Waals surface area contributed by atoms with Crippen LogP contribution in [0, 0.1) is 6.92 Å². The molecule has 2 aromatic carbocycles. The number of nitrogens with zero attached hydrogens (tertiary/aromatic N) is 1. The van der Waals surface area contributed by atoms with E-state index >= 15 is 0 Å². The minimum atomic E-state index is -4.45. The van der Waals surface area contributed by atoms with Crippen LogP contribution in [0.3, 0.4) is 0 Å². The lowest BCUT2D eigenvalue weighted by atomic mass is 10.0. The summed E-state index contributed by atoms with van der Waals surface area (Å²) < 4.78 is 45.2. The van der Waals surface area contributed by atoms with Crippen LogP contribution in [-0.2, 0) is 6.18 Å². The van der Waals surface area contributed by atoms with Crippen LogP contribution >= 0.6 is 0 Å². The molecule has 1 heterocycles. The Bertz CT molecular complexity index is 872. The first kappa shape index (κ1) is 15.3. The van der Waals surface area contributed by atoms with Gasteiger partial charge >= 0.3 is 6.18 Å². The van der Waals surface area contributed by atoms with Crippen LogP contribution < -0.4 is 4.74 Å². The fourth-order valence-corrected chi connectivity index (χ4v) is 2.61. The highest BCUT2D eigenvalue weighted by Crippen LogP contribution is 2.40. The number of benzene rings is 2. The van der Waals surface area contributed by atoms with Crippen LogP contribution in [0.4, 0.5) is 13.2 Å². The van der Waals surface area contributed by atoms with Crippen molar-refractivity contribution >= 4 is 10.9 Å². The van der Waals surface area contributed by atoms with E-state index in [0.717, 1.165) is 17.0 Å². The minimum absolute atomic E-state index is 0.0157. The van der Waals surface area contributed by atoms with Gasteiger partial charge in [0.1, 0.15) is 11.4 Å². The van der Waals surface area contributed by atoms with Crippen molar-refractivity contribution in [1.82, 2.24) is 4.98 Å². The number of pyridine rings is 1. The normalized spacial score (nSPS) is 11.7. The standard InChI is InChI=1S/C18H14F3NO/c1-11-6-5-7-12-10-15(23-2)17(22-16(11)12)13-8-3-4-9-14(13)18(19,20)21/h3-10H,1-2H3. The number of hydrogen-bond donors (Lipinski definition) is 0. The first-order valence-corrected chi connectivity index (χ1v) is 7.03. The molecule has 0 saturated carbocycles. The summed E-state index contributed by atoms with van der Waals surface area (Å²) in [5, 5.41) is 0.829. The molecule has 0 unspecified atom stereocenters. The zero-order valence-electron chi connectivity index (χ0n) is 12.6. The zero-order chi connectivity index (χ0) is 16.6. The summed E-state index contributed by atoms with van der Waals surface area (Å²) in [6.45, 7) is 1.88. The van der Waals surface area contributed by atoms with Crippen LogP contribution in [0.2, 0.25) is 0 Å². The molecule has 0 N–H and O–H groups in total. The molecule has 3 aromatic rings. The third-order valence-electron chi connectivity index (χ3n) is 3.72. The van der Waals surface area contributed by atoms with Gasteiger partial charge in [-0.15, -0.1) is 0 Å². The Balaban J connectivity index is 2.34. The number of aromatic nitrogens is 1. The Hall–Kier alpha value is -2.56. The quantitative estimate of drug-likeness (QED) is 0.645. The molecule has 5 heteroatoms. The molecule has 3 rings (SSSR count). The molecule has 0 aliphatic heterocycles. The molecule has 0 fully saturated rings. The Morgan fingerprint density at radius 2 is 1.74 bits per heavy atom. The second-order valence-corrected chi connectivity index (χ2v) is 5.23. The van der Waals surface area contributed by atoms with Gasteiger partial charge in [0.25, 0.3) is 0 Å². The summed E-state index contributed by atoms with van der Waals surface area (Å²) in [5.41, 5.74) is 1.05. The van der Waals surface area contributed by atoms with Crippen molar-refractivity contribution in [3.63, 3.8) is 0 Å². The van der Waals surface area contributed by atoms with Crippen molar-refractivity contribution in [3.05, 3.63) is 59.7 Å². The number of aryl methyl sites for hydroxylation is 1. The minimum Gasteiger partial charge on any atom is -0.494 e. The molecule has 0 radical (unpaired) electrons. The van der Waals surface area contributed by atoms with E-state index in [1.54, 1.807) is 12.1 Å². The lowest BCUT2D eigenvalue weighted by Gasteiger charge is -2.15. The summed E-state index contributed by atoms with van der Waals surface area (Å²) in [6.07, 6.45) is -4.45. The molecule has 118 valence electrons. The Kier molecular flexibility index (Phi) is 3.72. The molecular formula is C18H14F3NO. The second kappa shape index (κ2) is 5.57. The van der Waals surface area contributed by atoms with Gasteiger partial charge in [-0.25, -0.2) is 4.98 Å². The average Bonchev–Trinajstić information content (AvgIpc) is 2.53. The number of rotatable bonds is 2. The highest BCUT2D eigenvalue weighted by Gasteiger charge is 2.34. The monoisotopic (exact) mass is 317 g/mol. The molecule has 0 atom stereocenters. The fourth-order valence-electron chi connectivity index (χ4n) is 2.61. The third-order valence-corrected chi connectivity index (χ3v) is 3.72. The van der Waals surface area contributed by atoms with Gasteiger partial charge in [-0.2, -0.15) is 13.2 Å². The van der Waals surface area contributed by atoms with Gasteiger partial charge in [0, 0.05) is 10.9 Å². The number of fused-ring (bicyclic) bond motifs is 1. The fraction of sp³-hybridized carbons (Fsp3) is 0.167. The predicted octanol–water partition coefficient (Wildman–Crippen LogP) is 5.24. The maximum atomic E-state index is 13.3. The van der Waals surface area contributed by atoms with Gasteiger partial charge in [-0.3, -0.25) is 0 Å². The SMILES string of the molecule is COc1cc2cccc(C)c2nc1-c1ccccc1C(F)(F)F. The number of para-hydroxylation sites is 1. The van der Waals surface area contributed by atoms with E-state index in [9.17, 15) is 13.2 Å². The van der Waals surface area contributed by atoms with Crippen LogP contribution in [0.15, 0.2) is 48.5 Å². The smallest absolute Gasteiger partial charge is 0.417 e. The van der Waals surface area contributed by atoms with Gasteiger partial charge in [0.2, 0.25) is 0 Å². The predicted molar refractivity (Wildman–Crippen MR) is 83.5 cm³/mol. The van der Waals surface area contributed by atoms with E-state index in [0.29, 0.717) is 11.3 Å². The largest absolute Gasteiger partial charge is 0.494 e. The summed E-state index contributed by atoms with van der Waals surface area (Å²) >= 11 is 0. The van der Waals surface area contributed by atoms with Crippen LogP contribution in [0.5, 0.6) is 5.75 Å². The molecule has 0 saturated heterocycles. The van der Waals surface area contributed by atoms with E-state index in [4.69, 9.17) is 4.74 Å². The van der Waals surface area contributed by atoms with E-state index in [2.05, 4.69) is 4.98 Å². The summed E-state index contributed by atoms with van der Waals surface area (Å²) in [5.74, 6) is 0.319. The van der Waals surface area contributed by atoms with Gasteiger partial charge < -0.3 is 4.74 Å². The van der Waals surface area contributed by atoms with Crippen molar-refractivity contribution in [2.75, 3.05) is 7.11 Å². The summed E-state index contributed by atoms with van der Waals surface area (Å²) in [4.78, 5) is 4.46. The highest BCUT2D eigenvalue weighted by atomic mass is 19.4. The number of methoxy groups -OCH3 is 1. The van der Waals surface area contributed by atoms with Gasteiger partial charge in [-0.05, 0) is 24.6 Å². The lowest BCUT2D eigenvalue weighted by Crippen LogP contribution is -2.08. The van der Waals surface area contributed by atoms with Crippen LogP contribution in [-0.4, -0.2) is 12.1 Å². The Labute approximate surface area is 131 Å². The summed E-state index contributed by atoms with van der Waals surface area (Å²) in [6, 6.07) is 12.7.